The van der Waals surface area contributed by atoms with E-state index < -0.39 is 0 Å². The van der Waals surface area contributed by atoms with Crippen molar-refractivity contribution in [3.8, 4) is 11.5 Å². The largest absolute Gasteiger partial charge is 0.457 e. The predicted octanol–water partition coefficient (Wildman–Crippen LogP) is 2.84. The number of amides is 2. The number of carbonyl (C=O) groups is 2. The van der Waals surface area contributed by atoms with Crippen LogP contribution in [-0.2, 0) is 4.74 Å². The number of ether oxygens (including phenoxy) is 2. The van der Waals surface area contributed by atoms with Gasteiger partial charge in [0.25, 0.3) is 11.8 Å². The molecule has 2 N–H and O–H groups in total. The molecule has 0 bridgehead atoms. The first-order chi connectivity index (χ1) is 12.1. The minimum atomic E-state index is -0.298. The quantitative estimate of drug-likeness (QED) is 0.685. The molecule has 25 heavy (non-hydrogen) atoms. The first kappa shape index (κ1) is 15.7. The van der Waals surface area contributed by atoms with Crippen molar-refractivity contribution in [1.82, 2.24) is 4.90 Å². The number of carbonyl (C=O) groups excluding carboxylic acids is 2. The number of fused-ring (bicyclic) bond motifs is 1. The molecule has 6 nitrogen and oxygen atoms in total. The third kappa shape index (κ3) is 2.96. The van der Waals surface area contributed by atoms with Crippen LogP contribution in [0.3, 0.4) is 0 Å². The zero-order valence-corrected chi connectivity index (χ0v) is 13.6. The van der Waals surface area contributed by atoms with Crippen molar-refractivity contribution < 1.29 is 19.1 Å². The van der Waals surface area contributed by atoms with E-state index in [9.17, 15) is 9.59 Å². The lowest BCUT2D eigenvalue weighted by Crippen LogP contribution is -2.36. The average molecular weight is 338 g/mol. The van der Waals surface area contributed by atoms with Gasteiger partial charge in [-0.05, 0) is 43.2 Å². The van der Waals surface area contributed by atoms with Crippen LogP contribution >= 0.6 is 0 Å². The minimum absolute atomic E-state index is 0.0646. The zero-order valence-electron chi connectivity index (χ0n) is 13.6. The lowest BCUT2D eigenvalue weighted by molar-refractivity contribution is 0.0475. The molecule has 1 fully saturated rings. The van der Waals surface area contributed by atoms with Gasteiger partial charge in [0.2, 0.25) is 0 Å². The summed E-state index contributed by atoms with van der Waals surface area (Å²) in [4.78, 5) is 26.4. The van der Waals surface area contributed by atoms with Gasteiger partial charge in [-0.25, -0.2) is 0 Å². The second-order valence-electron chi connectivity index (χ2n) is 6.24. The van der Waals surface area contributed by atoms with Gasteiger partial charge < -0.3 is 15.2 Å². The Morgan fingerprint density at radius 2 is 1.88 bits per heavy atom. The molecule has 2 heterocycles. The molecule has 0 aromatic heterocycles. The maximum absolute atomic E-state index is 12.6. The minimum Gasteiger partial charge on any atom is -0.457 e. The lowest BCUT2D eigenvalue weighted by atomic mass is 10.1. The molecule has 2 aliphatic heterocycles. The number of hydrogen-bond donors (Lipinski definition) is 1. The molecule has 0 aliphatic carbocycles. The second-order valence-corrected chi connectivity index (χ2v) is 6.24. The topological polar surface area (TPSA) is 81.9 Å². The van der Waals surface area contributed by atoms with Gasteiger partial charge >= 0.3 is 0 Å². The van der Waals surface area contributed by atoms with E-state index in [0.29, 0.717) is 41.5 Å². The highest BCUT2D eigenvalue weighted by Crippen LogP contribution is 2.30. The van der Waals surface area contributed by atoms with Crippen LogP contribution in [0.1, 0.15) is 33.6 Å². The number of anilines is 1. The first-order valence-electron chi connectivity index (χ1n) is 8.27. The van der Waals surface area contributed by atoms with Crippen molar-refractivity contribution >= 4 is 17.5 Å². The van der Waals surface area contributed by atoms with Gasteiger partial charge in [0.05, 0.1) is 23.8 Å². The standard InChI is InChI=1S/C19H18N2O4/c20-12-3-1-4-13(9-12)25-14-6-7-16-17(10-14)19(23)21(18(16)22)11-15-5-2-8-24-15/h1,3-4,6-7,9-10,15H,2,5,8,11,20H2/t15-/m1/s1. The fourth-order valence-electron chi connectivity index (χ4n) is 3.21. The van der Waals surface area contributed by atoms with Gasteiger partial charge in [0.15, 0.2) is 0 Å². The van der Waals surface area contributed by atoms with E-state index in [-0.39, 0.29) is 17.9 Å². The first-order valence-corrected chi connectivity index (χ1v) is 8.27. The number of hydrogen-bond acceptors (Lipinski definition) is 5. The second kappa shape index (κ2) is 6.22. The molecule has 2 amide bonds. The molecule has 0 spiro atoms. The molecule has 0 radical (unpaired) electrons. The van der Waals surface area contributed by atoms with E-state index >= 15 is 0 Å². The van der Waals surface area contributed by atoms with E-state index in [4.69, 9.17) is 15.2 Å². The van der Waals surface area contributed by atoms with Crippen LogP contribution < -0.4 is 10.5 Å². The van der Waals surface area contributed by atoms with Crippen LogP contribution in [0.15, 0.2) is 42.5 Å². The Balaban J connectivity index is 1.56. The normalized spacial score (nSPS) is 19.4. The van der Waals surface area contributed by atoms with E-state index in [1.807, 2.05) is 0 Å². The number of rotatable bonds is 4. The molecule has 2 aromatic carbocycles. The third-order valence-corrected chi connectivity index (χ3v) is 4.45. The van der Waals surface area contributed by atoms with Crippen LogP contribution in [-0.4, -0.2) is 36.0 Å². The van der Waals surface area contributed by atoms with Crippen molar-refractivity contribution in [2.45, 2.75) is 18.9 Å². The van der Waals surface area contributed by atoms with Gasteiger partial charge in [-0.1, -0.05) is 6.07 Å². The number of nitrogens with zero attached hydrogens (tertiary/aromatic N) is 1. The Morgan fingerprint density at radius 3 is 2.64 bits per heavy atom. The predicted molar refractivity (Wildman–Crippen MR) is 91.7 cm³/mol. The molecular weight excluding hydrogens is 320 g/mol. The summed E-state index contributed by atoms with van der Waals surface area (Å²) in [5.74, 6) is 0.497. The highest BCUT2D eigenvalue weighted by Gasteiger charge is 2.37. The molecule has 4 rings (SSSR count). The van der Waals surface area contributed by atoms with E-state index in [1.54, 1.807) is 42.5 Å². The van der Waals surface area contributed by atoms with Crippen molar-refractivity contribution in [3.05, 3.63) is 53.6 Å². The van der Waals surface area contributed by atoms with Crippen LogP contribution in [0.2, 0.25) is 0 Å². The highest BCUT2D eigenvalue weighted by molar-refractivity contribution is 6.21. The van der Waals surface area contributed by atoms with Crippen LogP contribution in [0.25, 0.3) is 0 Å². The summed E-state index contributed by atoms with van der Waals surface area (Å²) in [6.07, 6.45) is 1.77. The molecule has 128 valence electrons. The van der Waals surface area contributed by atoms with Gasteiger partial charge in [-0.15, -0.1) is 0 Å². The fourth-order valence-corrected chi connectivity index (χ4v) is 3.21. The average Bonchev–Trinajstić information content (AvgIpc) is 3.18. The summed E-state index contributed by atoms with van der Waals surface area (Å²) in [6.45, 7) is 0.990. The Labute approximate surface area is 145 Å². The van der Waals surface area contributed by atoms with Crippen molar-refractivity contribution in [3.63, 3.8) is 0 Å². The lowest BCUT2D eigenvalue weighted by Gasteiger charge is -2.17. The smallest absolute Gasteiger partial charge is 0.261 e. The summed E-state index contributed by atoms with van der Waals surface area (Å²) in [7, 11) is 0. The van der Waals surface area contributed by atoms with Crippen molar-refractivity contribution in [2.24, 2.45) is 0 Å². The maximum Gasteiger partial charge on any atom is 0.261 e. The van der Waals surface area contributed by atoms with Crippen LogP contribution in [0.5, 0.6) is 11.5 Å². The summed E-state index contributed by atoms with van der Waals surface area (Å²) in [6, 6.07) is 11.9. The third-order valence-electron chi connectivity index (χ3n) is 4.45. The molecule has 2 aliphatic rings. The van der Waals surface area contributed by atoms with E-state index in [1.165, 1.54) is 4.90 Å². The van der Waals surface area contributed by atoms with E-state index in [0.717, 1.165) is 12.8 Å². The zero-order chi connectivity index (χ0) is 17.4. The number of benzene rings is 2. The van der Waals surface area contributed by atoms with Crippen molar-refractivity contribution in [2.75, 3.05) is 18.9 Å². The molecule has 6 heteroatoms. The monoisotopic (exact) mass is 338 g/mol. The molecule has 0 saturated carbocycles. The van der Waals surface area contributed by atoms with Gasteiger partial charge in [-0.2, -0.15) is 0 Å². The Morgan fingerprint density at radius 1 is 1.08 bits per heavy atom. The summed E-state index contributed by atoms with van der Waals surface area (Å²) >= 11 is 0. The van der Waals surface area contributed by atoms with Crippen molar-refractivity contribution in [1.29, 1.82) is 0 Å². The SMILES string of the molecule is Nc1cccc(Oc2ccc3c(c2)C(=O)N(C[C@H]2CCCO2)C3=O)c1. The Hall–Kier alpha value is -2.86. The Kier molecular flexibility index (Phi) is 3.89. The van der Waals surface area contributed by atoms with Gasteiger partial charge in [0, 0.05) is 18.4 Å². The van der Waals surface area contributed by atoms with Gasteiger partial charge in [0.1, 0.15) is 11.5 Å². The summed E-state index contributed by atoms with van der Waals surface area (Å²) in [5, 5.41) is 0. The number of imide groups is 1. The van der Waals surface area contributed by atoms with Gasteiger partial charge in [-0.3, -0.25) is 14.5 Å². The molecule has 0 unspecified atom stereocenters. The molecule has 1 atom stereocenters. The Bertz CT molecular complexity index is 843. The fraction of sp³-hybridized carbons (Fsp3) is 0.263. The number of nitrogens with two attached hydrogens (primary N) is 1. The van der Waals surface area contributed by atoms with Crippen LogP contribution in [0, 0.1) is 0 Å². The molecule has 1 saturated heterocycles. The van der Waals surface area contributed by atoms with E-state index in [2.05, 4.69) is 0 Å². The highest BCUT2D eigenvalue weighted by atomic mass is 16.5. The number of nitrogen functional groups attached to an aromatic ring is 1. The maximum atomic E-state index is 12.6. The van der Waals surface area contributed by atoms with Crippen LogP contribution in [0.4, 0.5) is 5.69 Å². The molecule has 2 aromatic rings. The molecular formula is C19H18N2O4. The summed E-state index contributed by atoms with van der Waals surface area (Å²) in [5.41, 5.74) is 7.10. The summed E-state index contributed by atoms with van der Waals surface area (Å²) < 4.78 is 11.3.